The molecule has 2 aliphatic rings. The van der Waals surface area contributed by atoms with Crippen molar-refractivity contribution < 1.29 is 22.7 Å². The van der Waals surface area contributed by atoms with Gasteiger partial charge in [0.15, 0.2) is 9.84 Å². The molecule has 1 saturated carbocycles. The van der Waals surface area contributed by atoms with E-state index in [9.17, 15) is 13.2 Å². The molecule has 1 aromatic carbocycles. The molecule has 0 spiro atoms. The third-order valence-corrected chi connectivity index (χ3v) is 9.88. The summed E-state index contributed by atoms with van der Waals surface area (Å²) in [6, 6.07) is 15.2. The highest BCUT2D eigenvalue weighted by Crippen LogP contribution is 2.37. The minimum absolute atomic E-state index is 0.0925. The SMILES string of the molecule is CCOCCNC(=O)c1ccc(-c2ccc(C(CC3CCOCC3)c3ccc(S(=O)(=O)C4CC4)cc3)[nH]2)nc1. The van der Waals surface area contributed by atoms with Gasteiger partial charge in [-0.2, -0.15) is 0 Å². The van der Waals surface area contributed by atoms with Crippen molar-refractivity contribution in [2.75, 3.05) is 33.0 Å². The lowest BCUT2D eigenvalue weighted by molar-refractivity contribution is 0.0626. The molecule has 39 heavy (non-hydrogen) atoms. The number of ether oxygens (including phenoxy) is 2. The van der Waals surface area contributed by atoms with Crippen molar-refractivity contribution in [3.8, 4) is 11.4 Å². The van der Waals surface area contributed by atoms with Crippen LogP contribution in [0.1, 0.15) is 66.6 Å². The van der Waals surface area contributed by atoms with Gasteiger partial charge in [0.2, 0.25) is 0 Å². The van der Waals surface area contributed by atoms with Crippen LogP contribution in [0.25, 0.3) is 11.4 Å². The molecule has 0 radical (unpaired) electrons. The Balaban J connectivity index is 1.34. The topological polar surface area (TPSA) is 110 Å². The van der Waals surface area contributed by atoms with Gasteiger partial charge in [-0.1, -0.05) is 12.1 Å². The van der Waals surface area contributed by atoms with Crippen molar-refractivity contribution in [1.82, 2.24) is 15.3 Å². The van der Waals surface area contributed by atoms with E-state index in [4.69, 9.17) is 9.47 Å². The average molecular weight is 552 g/mol. The summed E-state index contributed by atoms with van der Waals surface area (Å²) < 4.78 is 36.3. The number of aromatic amines is 1. The lowest BCUT2D eigenvalue weighted by atomic mass is 9.83. The number of H-pyrrole nitrogens is 1. The minimum Gasteiger partial charge on any atom is -0.381 e. The first-order chi connectivity index (χ1) is 19.0. The molecular formula is C30H37N3O5S. The number of carbonyl (C=O) groups excluding carboxylic acids is 1. The number of carbonyl (C=O) groups is 1. The van der Waals surface area contributed by atoms with Gasteiger partial charge in [-0.15, -0.1) is 0 Å². The largest absolute Gasteiger partial charge is 0.381 e. The monoisotopic (exact) mass is 551 g/mol. The van der Waals surface area contributed by atoms with Crippen molar-refractivity contribution in [2.24, 2.45) is 5.92 Å². The second kappa shape index (κ2) is 12.4. The van der Waals surface area contributed by atoms with E-state index in [1.54, 1.807) is 24.4 Å². The quantitative estimate of drug-likeness (QED) is 0.315. The molecule has 1 aliphatic carbocycles. The van der Waals surface area contributed by atoms with E-state index in [1.165, 1.54) is 0 Å². The summed E-state index contributed by atoms with van der Waals surface area (Å²) in [5.41, 5.74) is 4.28. The Morgan fingerprint density at radius 3 is 2.51 bits per heavy atom. The summed E-state index contributed by atoms with van der Waals surface area (Å²) >= 11 is 0. The van der Waals surface area contributed by atoms with Crippen LogP contribution in [0, 0.1) is 5.92 Å². The fraction of sp³-hybridized carbons (Fsp3) is 0.467. The number of hydrogen-bond acceptors (Lipinski definition) is 6. The summed E-state index contributed by atoms with van der Waals surface area (Å²) in [6.45, 7) is 5.03. The number of hydrogen-bond donors (Lipinski definition) is 2. The van der Waals surface area contributed by atoms with E-state index in [2.05, 4.69) is 21.4 Å². The van der Waals surface area contributed by atoms with Crippen LogP contribution in [0.5, 0.6) is 0 Å². The molecule has 0 bridgehead atoms. The molecule has 3 aromatic rings. The van der Waals surface area contributed by atoms with Gasteiger partial charge in [-0.3, -0.25) is 9.78 Å². The Morgan fingerprint density at radius 1 is 1.08 bits per heavy atom. The third kappa shape index (κ3) is 6.77. The first-order valence-corrected chi connectivity index (χ1v) is 15.4. The number of benzene rings is 1. The predicted molar refractivity (Wildman–Crippen MR) is 150 cm³/mol. The van der Waals surface area contributed by atoms with E-state index < -0.39 is 9.84 Å². The molecule has 5 rings (SSSR count). The first-order valence-electron chi connectivity index (χ1n) is 13.9. The Morgan fingerprint density at radius 2 is 1.85 bits per heavy atom. The number of nitrogens with one attached hydrogen (secondary N) is 2. The van der Waals surface area contributed by atoms with Crippen molar-refractivity contribution in [2.45, 2.75) is 55.1 Å². The molecule has 1 saturated heterocycles. The standard InChI is InChI=1S/C30H37N3O5S/c1-2-37-18-15-31-30(34)23-5-10-28(32-20-23)29-12-11-27(33-29)26(19-21-13-16-38-17-14-21)22-3-6-24(7-4-22)39(35,36)25-8-9-25/h3-7,10-12,20-21,25-26,33H,2,8-9,13-19H2,1H3,(H,31,34). The maximum absolute atomic E-state index is 12.7. The van der Waals surface area contributed by atoms with Gasteiger partial charge in [-0.25, -0.2) is 8.42 Å². The predicted octanol–water partition coefficient (Wildman–Crippen LogP) is 4.73. The molecule has 1 atom stereocenters. The molecule has 1 amide bonds. The van der Waals surface area contributed by atoms with Gasteiger partial charge in [0.05, 0.1) is 33.7 Å². The van der Waals surface area contributed by atoms with Crippen LogP contribution < -0.4 is 5.32 Å². The fourth-order valence-corrected chi connectivity index (χ4v) is 6.81. The lowest BCUT2D eigenvalue weighted by Crippen LogP contribution is -2.27. The summed E-state index contributed by atoms with van der Waals surface area (Å²) in [5, 5.41) is 2.62. The van der Waals surface area contributed by atoms with Crippen LogP contribution in [0.15, 0.2) is 59.6 Å². The Kier molecular flexibility index (Phi) is 8.79. The summed E-state index contributed by atoms with van der Waals surface area (Å²) in [5.74, 6) is 0.448. The summed E-state index contributed by atoms with van der Waals surface area (Å²) in [4.78, 5) is 20.9. The van der Waals surface area contributed by atoms with Gasteiger partial charge in [0.1, 0.15) is 0 Å². The Bertz CT molecular complexity index is 1340. The number of sulfone groups is 1. The zero-order valence-electron chi connectivity index (χ0n) is 22.4. The maximum Gasteiger partial charge on any atom is 0.252 e. The minimum atomic E-state index is -3.22. The molecule has 1 unspecified atom stereocenters. The highest BCUT2D eigenvalue weighted by Gasteiger charge is 2.37. The number of nitrogens with zero attached hydrogens (tertiary/aromatic N) is 1. The molecule has 9 heteroatoms. The van der Waals surface area contributed by atoms with Gasteiger partial charge in [0, 0.05) is 44.2 Å². The van der Waals surface area contributed by atoms with E-state index >= 15 is 0 Å². The van der Waals surface area contributed by atoms with Crippen LogP contribution in [0.3, 0.4) is 0 Å². The van der Waals surface area contributed by atoms with E-state index in [0.29, 0.717) is 36.1 Å². The Hall–Kier alpha value is -3.01. The van der Waals surface area contributed by atoms with Crippen LogP contribution >= 0.6 is 0 Å². The lowest BCUT2D eigenvalue weighted by Gasteiger charge is -2.27. The second-order valence-electron chi connectivity index (χ2n) is 10.4. The van der Waals surface area contributed by atoms with Crippen LogP contribution in [0.4, 0.5) is 0 Å². The Labute approximate surface area is 230 Å². The molecule has 208 valence electrons. The number of aromatic nitrogens is 2. The number of pyridine rings is 1. The molecule has 1 aliphatic heterocycles. The molecule has 3 heterocycles. The summed E-state index contributed by atoms with van der Waals surface area (Å²) in [7, 11) is -3.22. The van der Waals surface area contributed by atoms with Crippen LogP contribution in [-0.4, -0.2) is 62.5 Å². The molecule has 8 nitrogen and oxygen atoms in total. The molecule has 2 fully saturated rings. The fourth-order valence-electron chi connectivity index (χ4n) is 5.15. The maximum atomic E-state index is 12.7. The normalized spacial score (nSPS) is 17.2. The summed E-state index contributed by atoms with van der Waals surface area (Å²) in [6.07, 6.45) is 6.10. The van der Waals surface area contributed by atoms with Gasteiger partial charge < -0.3 is 19.8 Å². The second-order valence-corrected chi connectivity index (χ2v) is 12.6. The highest BCUT2D eigenvalue weighted by atomic mass is 32.2. The smallest absolute Gasteiger partial charge is 0.252 e. The van der Waals surface area contributed by atoms with Gasteiger partial charge in [-0.05, 0) is 86.9 Å². The van der Waals surface area contributed by atoms with Gasteiger partial charge in [0.25, 0.3) is 5.91 Å². The van der Waals surface area contributed by atoms with E-state index in [0.717, 1.165) is 68.0 Å². The van der Waals surface area contributed by atoms with E-state index in [-0.39, 0.29) is 17.1 Å². The molecular weight excluding hydrogens is 514 g/mol. The van der Waals surface area contributed by atoms with Crippen molar-refractivity contribution in [3.63, 3.8) is 0 Å². The molecule has 2 aromatic heterocycles. The highest BCUT2D eigenvalue weighted by molar-refractivity contribution is 7.92. The molecule has 2 N–H and O–H groups in total. The van der Waals surface area contributed by atoms with Crippen molar-refractivity contribution >= 4 is 15.7 Å². The number of amides is 1. The average Bonchev–Trinajstić information content (AvgIpc) is 3.73. The van der Waals surface area contributed by atoms with Crippen molar-refractivity contribution in [1.29, 1.82) is 0 Å². The zero-order valence-corrected chi connectivity index (χ0v) is 23.2. The first kappa shape index (κ1) is 27.6. The third-order valence-electron chi connectivity index (χ3n) is 7.61. The zero-order chi connectivity index (χ0) is 27.2. The number of rotatable bonds is 12. The van der Waals surface area contributed by atoms with E-state index in [1.807, 2.05) is 31.2 Å². The van der Waals surface area contributed by atoms with Crippen LogP contribution in [0.2, 0.25) is 0 Å². The van der Waals surface area contributed by atoms with Crippen LogP contribution in [-0.2, 0) is 19.3 Å². The van der Waals surface area contributed by atoms with Gasteiger partial charge >= 0.3 is 0 Å². The van der Waals surface area contributed by atoms with Crippen molar-refractivity contribution in [3.05, 3.63) is 71.5 Å².